The number of carboxylic acid groups (broad SMARTS) is 1. The molecule has 0 bridgehead atoms. The molecule has 1 amide bonds. The maximum absolute atomic E-state index is 11.6. The van der Waals surface area contributed by atoms with Gasteiger partial charge in [-0.05, 0) is 18.8 Å². The number of hydrogen-bond acceptors (Lipinski definition) is 3. The molecule has 2 radical (unpaired) electrons. The molecule has 3 fully saturated rings. The van der Waals surface area contributed by atoms with Gasteiger partial charge in [-0.25, -0.2) is 4.79 Å². The molecule has 5 atom stereocenters. The van der Waals surface area contributed by atoms with Crippen LogP contribution in [0.25, 0.3) is 0 Å². The number of carbonyl (C=O) groups excluding carboxylic acids is 1. The highest BCUT2D eigenvalue weighted by atomic mass is 16.5. The molecular weight excluding hydrogens is 245 g/mol. The van der Waals surface area contributed by atoms with E-state index < -0.39 is 17.8 Å². The Morgan fingerprint density at radius 2 is 2.00 bits per heavy atom. The highest BCUT2D eigenvalue weighted by Gasteiger charge is 2.54. The maximum atomic E-state index is 11.6. The van der Waals surface area contributed by atoms with Gasteiger partial charge in [0.25, 0.3) is 0 Å². The van der Waals surface area contributed by atoms with Gasteiger partial charge in [-0.3, -0.25) is 4.79 Å². The topological polar surface area (TPSA) is 66.8 Å². The maximum Gasteiger partial charge on any atom is 0.326 e. The number of fused-ring (bicyclic) bond motifs is 3. The van der Waals surface area contributed by atoms with Crippen LogP contribution in [0.5, 0.6) is 0 Å². The van der Waals surface area contributed by atoms with Crippen molar-refractivity contribution in [3.05, 3.63) is 0 Å². The van der Waals surface area contributed by atoms with Gasteiger partial charge >= 0.3 is 5.97 Å². The van der Waals surface area contributed by atoms with Crippen molar-refractivity contribution in [3.63, 3.8) is 0 Å². The van der Waals surface area contributed by atoms with E-state index in [9.17, 15) is 14.7 Å². The van der Waals surface area contributed by atoms with E-state index in [1.165, 1.54) is 4.90 Å². The van der Waals surface area contributed by atoms with Crippen LogP contribution in [0.15, 0.2) is 0 Å². The molecule has 0 aromatic carbocycles. The average molecular weight is 263 g/mol. The Hall–Kier alpha value is -1.04. The van der Waals surface area contributed by atoms with Crippen LogP contribution in [0.2, 0.25) is 0 Å². The first-order valence-electron chi connectivity index (χ1n) is 7.00. The fourth-order valence-corrected chi connectivity index (χ4v) is 4.25. The largest absolute Gasteiger partial charge is 0.480 e. The van der Waals surface area contributed by atoms with Crippen molar-refractivity contribution < 1.29 is 19.4 Å². The summed E-state index contributed by atoms with van der Waals surface area (Å²) in [5.74, 6) is -1.18. The molecule has 1 aliphatic carbocycles. The molecule has 102 valence electrons. The molecule has 0 aromatic rings. The van der Waals surface area contributed by atoms with E-state index in [2.05, 4.69) is 0 Å². The van der Waals surface area contributed by atoms with Gasteiger partial charge in [0.1, 0.15) is 6.04 Å². The van der Waals surface area contributed by atoms with Crippen molar-refractivity contribution in [1.82, 2.24) is 4.90 Å². The van der Waals surface area contributed by atoms with Gasteiger partial charge < -0.3 is 14.7 Å². The van der Waals surface area contributed by atoms with Crippen LogP contribution in [0.3, 0.4) is 0 Å². The molecule has 0 spiro atoms. The summed E-state index contributed by atoms with van der Waals surface area (Å²) in [4.78, 5) is 24.3. The van der Waals surface area contributed by atoms with Crippen LogP contribution in [-0.2, 0) is 9.53 Å². The number of amides is 1. The first-order chi connectivity index (χ1) is 9.09. The molecule has 3 rings (SSSR count). The molecule has 1 N–H and O–H groups in total. The molecule has 5 nitrogen and oxygen atoms in total. The van der Waals surface area contributed by atoms with E-state index >= 15 is 0 Å². The van der Waals surface area contributed by atoms with E-state index in [0.29, 0.717) is 13.2 Å². The van der Waals surface area contributed by atoms with Gasteiger partial charge in [-0.2, -0.15) is 0 Å². The van der Waals surface area contributed by atoms with Crippen molar-refractivity contribution in [2.24, 2.45) is 17.8 Å². The summed E-state index contributed by atoms with van der Waals surface area (Å²) in [7, 11) is 5.33. The van der Waals surface area contributed by atoms with E-state index in [1.54, 1.807) is 0 Å². The fourth-order valence-electron chi connectivity index (χ4n) is 4.25. The van der Waals surface area contributed by atoms with Gasteiger partial charge in [0.15, 0.2) is 5.81 Å². The second kappa shape index (κ2) is 4.82. The number of nitrogens with zero attached hydrogens (tertiary/aromatic N) is 1. The zero-order valence-electron chi connectivity index (χ0n) is 10.8. The van der Waals surface area contributed by atoms with E-state index in [0.717, 1.165) is 25.7 Å². The Labute approximate surface area is 113 Å². The molecule has 2 heterocycles. The lowest BCUT2D eigenvalue weighted by atomic mass is 9.69. The zero-order chi connectivity index (χ0) is 13.6. The first kappa shape index (κ1) is 13.0. The average Bonchev–Trinajstić information content (AvgIpc) is 2.78. The van der Waals surface area contributed by atoms with Gasteiger partial charge in [0, 0.05) is 18.4 Å². The third kappa shape index (κ3) is 2.06. The second-order valence-electron chi connectivity index (χ2n) is 5.93. The molecule has 2 unspecified atom stereocenters. The Morgan fingerprint density at radius 1 is 1.26 bits per heavy atom. The summed E-state index contributed by atoms with van der Waals surface area (Å²) in [6.07, 6.45) is 4.45. The summed E-state index contributed by atoms with van der Waals surface area (Å²) in [5, 5.41) is 9.47. The van der Waals surface area contributed by atoms with Gasteiger partial charge in [-0.1, -0.05) is 12.8 Å². The summed E-state index contributed by atoms with van der Waals surface area (Å²) in [6.45, 7) is 0.972. The van der Waals surface area contributed by atoms with Crippen LogP contribution in [-0.4, -0.2) is 54.9 Å². The number of likely N-dealkylation sites (tertiary alicyclic amines) is 1. The molecule has 1 saturated carbocycles. The predicted molar refractivity (Wildman–Crippen MR) is 68.0 cm³/mol. The minimum atomic E-state index is -0.933. The van der Waals surface area contributed by atoms with Crippen molar-refractivity contribution >= 4 is 19.6 Å². The summed E-state index contributed by atoms with van der Waals surface area (Å²) < 4.78 is 5.88. The standard InChI is InChI=1S/C13H18BNO4/c14-13(18)15-5-7-6-19-9-4-2-1-3-8(9)10(7)11(15)12(16)17/h7-11H,1-6H2,(H,16,17)/t7-,8?,9?,10-,11+/m1/s1. The minimum absolute atomic E-state index is 0.00375. The predicted octanol–water partition coefficient (Wildman–Crippen LogP) is 0.865. The van der Waals surface area contributed by atoms with Crippen molar-refractivity contribution in [1.29, 1.82) is 0 Å². The number of carboxylic acids is 1. The van der Waals surface area contributed by atoms with Crippen LogP contribution in [0.4, 0.5) is 4.79 Å². The number of aliphatic carboxylic acids is 1. The lowest BCUT2D eigenvalue weighted by Gasteiger charge is -2.43. The molecule has 0 aromatic heterocycles. The highest BCUT2D eigenvalue weighted by Crippen LogP contribution is 2.46. The van der Waals surface area contributed by atoms with Gasteiger partial charge in [-0.15, -0.1) is 0 Å². The van der Waals surface area contributed by atoms with E-state index in [1.807, 2.05) is 0 Å². The summed E-state index contributed by atoms with van der Waals surface area (Å²) >= 11 is 0. The third-order valence-electron chi connectivity index (χ3n) is 4.98. The van der Waals surface area contributed by atoms with Gasteiger partial charge in [0.05, 0.1) is 12.7 Å². The smallest absolute Gasteiger partial charge is 0.326 e. The Bertz CT molecular complexity index is 402. The van der Waals surface area contributed by atoms with Gasteiger partial charge in [0.2, 0.25) is 7.85 Å². The number of hydrogen-bond donors (Lipinski definition) is 1. The Morgan fingerprint density at radius 3 is 2.68 bits per heavy atom. The molecular formula is C13H18BNO4. The number of rotatable bonds is 1. The molecule has 6 heteroatoms. The second-order valence-corrected chi connectivity index (χ2v) is 5.93. The first-order valence-corrected chi connectivity index (χ1v) is 7.00. The van der Waals surface area contributed by atoms with Crippen molar-refractivity contribution in [2.75, 3.05) is 13.2 Å². The normalized spacial score (nSPS) is 41.5. The van der Waals surface area contributed by atoms with Crippen LogP contribution >= 0.6 is 0 Å². The SMILES string of the molecule is [B]C(=O)N1C[C@@H]2COC3CCCCC3[C@@H]2[C@H]1C(=O)O. The number of ether oxygens (including phenoxy) is 1. The van der Waals surface area contributed by atoms with Crippen LogP contribution in [0.1, 0.15) is 25.7 Å². The van der Waals surface area contributed by atoms with E-state index in [-0.39, 0.29) is 23.9 Å². The third-order valence-corrected chi connectivity index (χ3v) is 4.98. The van der Waals surface area contributed by atoms with E-state index in [4.69, 9.17) is 12.6 Å². The molecule has 3 aliphatic rings. The van der Waals surface area contributed by atoms with Crippen molar-refractivity contribution in [2.45, 2.75) is 37.8 Å². The molecule has 2 aliphatic heterocycles. The number of carbonyl (C=O) groups is 2. The summed E-state index contributed by atoms with van der Waals surface area (Å²) in [5.41, 5.74) is 0. The highest BCUT2D eigenvalue weighted by molar-refractivity contribution is 6.57. The molecule has 2 saturated heterocycles. The monoisotopic (exact) mass is 263 g/mol. The van der Waals surface area contributed by atoms with Crippen LogP contribution in [0, 0.1) is 17.8 Å². The molecule has 19 heavy (non-hydrogen) atoms. The summed E-state index contributed by atoms with van der Waals surface area (Å²) in [6, 6.07) is -0.767. The fraction of sp³-hybridized carbons (Fsp3) is 0.846. The lowest BCUT2D eigenvalue weighted by Crippen LogP contribution is -2.49. The Kier molecular flexibility index (Phi) is 3.29. The Balaban J connectivity index is 1.90. The van der Waals surface area contributed by atoms with Crippen molar-refractivity contribution in [3.8, 4) is 0 Å². The quantitative estimate of drug-likeness (QED) is 0.713. The minimum Gasteiger partial charge on any atom is -0.480 e. The van der Waals surface area contributed by atoms with Crippen LogP contribution < -0.4 is 0 Å². The zero-order valence-corrected chi connectivity index (χ0v) is 10.8. The lowest BCUT2D eigenvalue weighted by molar-refractivity contribution is -0.148.